The van der Waals surface area contributed by atoms with Crippen LogP contribution in [0.15, 0.2) is 34.9 Å². The van der Waals surface area contributed by atoms with E-state index in [2.05, 4.69) is 10.1 Å². The fourth-order valence-corrected chi connectivity index (χ4v) is 1.34. The summed E-state index contributed by atoms with van der Waals surface area (Å²) in [5.41, 5.74) is 0.917. The summed E-state index contributed by atoms with van der Waals surface area (Å²) in [5.74, 6) is 1.20. The molecule has 0 fully saturated rings. The highest BCUT2D eigenvalue weighted by atomic mass is 16.5. The van der Waals surface area contributed by atoms with Gasteiger partial charge in [-0.15, -0.1) is 0 Å². The van der Waals surface area contributed by atoms with E-state index < -0.39 is 0 Å². The Balaban J connectivity index is 2.11. The van der Waals surface area contributed by atoms with Gasteiger partial charge in [0.15, 0.2) is 0 Å². The molecule has 0 aliphatic carbocycles. The van der Waals surface area contributed by atoms with E-state index in [4.69, 9.17) is 4.52 Å². The maximum absolute atomic E-state index is 10.8. The molecule has 0 amide bonds. The molecule has 1 aromatic carbocycles. The lowest BCUT2D eigenvalue weighted by Crippen LogP contribution is -1.93. The molecule has 0 saturated heterocycles. The van der Waals surface area contributed by atoms with Crippen molar-refractivity contribution in [1.82, 2.24) is 10.1 Å². The Morgan fingerprint density at radius 1 is 1.31 bits per heavy atom. The molecule has 4 heteroatoms. The molecule has 0 N–H and O–H groups in total. The van der Waals surface area contributed by atoms with Crippen molar-refractivity contribution in [2.75, 3.05) is 0 Å². The van der Waals surface area contributed by atoms with Crippen LogP contribution in [0.2, 0.25) is 0 Å². The number of rotatable bonds is 4. The zero-order valence-electron chi connectivity index (χ0n) is 9.01. The highest BCUT2D eigenvalue weighted by Gasteiger charge is 2.08. The molecule has 16 heavy (non-hydrogen) atoms. The van der Waals surface area contributed by atoms with Crippen molar-refractivity contribution in [2.45, 2.75) is 19.8 Å². The molecule has 0 unspecified atom stereocenters. The summed E-state index contributed by atoms with van der Waals surface area (Å²) >= 11 is 0. The first-order valence-electron chi connectivity index (χ1n) is 5.13. The first kappa shape index (κ1) is 10.5. The Morgan fingerprint density at radius 2 is 2.06 bits per heavy atom. The molecular formula is C12H12N2O2. The van der Waals surface area contributed by atoms with Gasteiger partial charge in [-0.1, -0.05) is 35.5 Å². The predicted octanol–water partition coefficient (Wildman–Crippen LogP) is 2.26. The van der Waals surface area contributed by atoms with Crippen molar-refractivity contribution in [3.63, 3.8) is 0 Å². The van der Waals surface area contributed by atoms with Crippen molar-refractivity contribution in [3.05, 3.63) is 36.2 Å². The summed E-state index contributed by atoms with van der Waals surface area (Å²) < 4.78 is 5.06. The third-order valence-corrected chi connectivity index (χ3v) is 2.19. The predicted molar refractivity (Wildman–Crippen MR) is 58.7 cm³/mol. The number of benzene rings is 1. The SMILES string of the molecule is CC(=O)CCc1nc(-c2ccccc2)no1. The molecule has 1 aromatic heterocycles. The Morgan fingerprint density at radius 3 is 2.75 bits per heavy atom. The Kier molecular flexibility index (Phi) is 3.10. The lowest BCUT2D eigenvalue weighted by Gasteiger charge is -1.90. The minimum atomic E-state index is 0.125. The summed E-state index contributed by atoms with van der Waals surface area (Å²) in [5, 5.41) is 3.87. The summed E-state index contributed by atoms with van der Waals surface area (Å²) in [4.78, 5) is 15.0. The van der Waals surface area contributed by atoms with Crippen LogP contribution in [-0.2, 0) is 11.2 Å². The van der Waals surface area contributed by atoms with E-state index in [9.17, 15) is 4.79 Å². The number of aryl methyl sites for hydroxylation is 1. The lowest BCUT2D eigenvalue weighted by molar-refractivity contribution is -0.117. The van der Waals surface area contributed by atoms with E-state index in [0.717, 1.165) is 5.56 Å². The smallest absolute Gasteiger partial charge is 0.227 e. The average Bonchev–Trinajstić information content (AvgIpc) is 2.76. The van der Waals surface area contributed by atoms with Crippen molar-refractivity contribution in [1.29, 1.82) is 0 Å². The van der Waals surface area contributed by atoms with E-state index in [0.29, 0.717) is 24.6 Å². The molecule has 0 saturated carbocycles. The zero-order chi connectivity index (χ0) is 11.4. The Labute approximate surface area is 93.3 Å². The summed E-state index contributed by atoms with van der Waals surface area (Å²) in [6, 6.07) is 9.60. The number of carbonyl (C=O) groups is 1. The standard InChI is InChI=1S/C12H12N2O2/c1-9(15)7-8-11-13-12(14-16-11)10-5-3-2-4-6-10/h2-6H,7-8H2,1H3. The fraction of sp³-hybridized carbons (Fsp3) is 0.250. The first-order chi connectivity index (χ1) is 7.75. The van der Waals surface area contributed by atoms with Crippen molar-refractivity contribution in [2.24, 2.45) is 0 Å². The Hall–Kier alpha value is -1.97. The second-order valence-corrected chi connectivity index (χ2v) is 3.58. The molecule has 0 aliphatic heterocycles. The van der Waals surface area contributed by atoms with Crippen LogP contribution in [0.3, 0.4) is 0 Å². The maximum Gasteiger partial charge on any atom is 0.227 e. The van der Waals surface area contributed by atoms with E-state index in [1.54, 1.807) is 6.92 Å². The molecule has 1 heterocycles. The second-order valence-electron chi connectivity index (χ2n) is 3.58. The molecule has 0 spiro atoms. The second kappa shape index (κ2) is 4.70. The maximum atomic E-state index is 10.8. The Bertz CT molecular complexity index is 477. The van der Waals surface area contributed by atoms with E-state index >= 15 is 0 Å². The number of ketones is 1. The monoisotopic (exact) mass is 216 g/mol. The van der Waals surface area contributed by atoms with Gasteiger partial charge >= 0.3 is 0 Å². The van der Waals surface area contributed by atoms with Gasteiger partial charge < -0.3 is 9.32 Å². The van der Waals surface area contributed by atoms with Crippen molar-refractivity contribution in [3.8, 4) is 11.4 Å². The van der Waals surface area contributed by atoms with Gasteiger partial charge in [0.2, 0.25) is 11.7 Å². The number of hydrogen-bond donors (Lipinski definition) is 0. The first-order valence-corrected chi connectivity index (χ1v) is 5.13. The van der Waals surface area contributed by atoms with E-state index in [-0.39, 0.29) is 5.78 Å². The average molecular weight is 216 g/mol. The van der Waals surface area contributed by atoms with Gasteiger partial charge in [0.1, 0.15) is 5.78 Å². The fourth-order valence-electron chi connectivity index (χ4n) is 1.34. The van der Waals surface area contributed by atoms with Crippen LogP contribution in [0.1, 0.15) is 19.2 Å². The quantitative estimate of drug-likeness (QED) is 0.786. The molecule has 0 aliphatic rings. The summed E-state index contributed by atoms with van der Waals surface area (Å²) in [6.45, 7) is 1.55. The van der Waals surface area contributed by atoms with Crippen molar-refractivity contribution < 1.29 is 9.32 Å². The van der Waals surface area contributed by atoms with Crippen LogP contribution in [0.5, 0.6) is 0 Å². The highest BCUT2D eigenvalue weighted by molar-refractivity contribution is 5.75. The normalized spacial score (nSPS) is 10.3. The molecule has 0 bridgehead atoms. The number of hydrogen-bond acceptors (Lipinski definition) is 4. The van der Waals surface area contributed by atoms with Gasteiger partial charge in [0.05, 0.1) is 0 Å². The summed E-state index contributed by atoms with van der Waals surface area (Å²) in [7, 11) is 0. The summed E-state index contributed by atoms with van der Waals surface area (Å²) in [6.07, 6.45) is 0.950. The van der Waals surface area contributed by atoms with Gasteiger partial charge in [0, 0.05) is 18.4 Å². The minimum absolute atomic E-state index is 0.125. The van der Waals surface area contributed by atoms with Crippen LogP contribution in [0, 0.1) is 0 Å². The molecule has 2 aromatic rings. The van der Waals surface area contributed by atoms with E-state index in [1.807, 2.05) is 30.3 Å². The highest BCUT2D eigenvalue weighted by Crippen LogP contribution is 2.15. The van der Waals surface area contributed by atoms with Gasteiger partial charge in [-0.25, -0.2) is 0 Å². The minimum Gasteiger partial charge on any atom is -0.339 e. The van der Waals surface area contributed by atoms with Crippen LogP contribution < -0.4 is 0 Å². The molecule has 0 atom stereocenters. The van der Waals surface area contributed by atoms with E-state index in [1.165, 1.54) is 0 Å². The third kappa shape index (κ3) is 2.53. The molecule has 2 rings (SSSR count). The lowest BCUT2D eigenvalue weighted by atomic mass is 10.2. The number of aromatic nitrogens is 2. The van der Waals surface area contributed by atoms with Gasteiger partial charge in [-0.3, -0.25) is 0 Å². The van der Waals surface area contributed by atoms with Crippen LogP contribution >= 0.6 is 0 Å². The van der Waals surface area contributed by atoms with Gasteiger partial charge in [0.25, 0.3) is 0 Å². The number of nitrogens with zero attached hydrogens (tertiary/aromatic N) is 2. The third-order valence-electron chi connectivity index (χ3n) is 2.19. The topological polar surface area (TPSA) is 56.0 Å². The molecule has 82 valence electrons. The van der Waals surface area contributed by atoms with Crippen LogP contribution in [-0.4, -0.2) is 15.9 Å². The molecule has 4 nitrogen and oxygen atoms in total. The van der Waals surface area contributed by atoms with Crippen LogP contribution in [0.25, 0.3) is 11.4 Å². The largest absolute Gasteiger partial charge is 0.339 e. The number of Topliss-reactive ketones (excluding diaryl/α,β-unsaturated/α-hetero) is 1. The number of carbonyl (C=O) groups excluding carboxylic acids is 1. The van der Waals surface area contributed by atoms with Gasteiger partial charge in [-0.05, 0) is 6.92 Å². The zero-order valence-corrected chi connectivity index (χ0v) is 9.01. The van der Waals surface area contributed by atoms with Crippen molar-refractivity contribution >= 4 is 5.78 Å². The molecule has 0 radical (unpaired) electrons. The molecular weight excluding hydrogens is 204 g/mol. The van der Waals surface area contributed by atoms with Gasteiger partial charge in [-0.2, -0.15) is 4.98 Å². The van der Waals surface area contributed by atoms with Crippen LogP contribution in [0.4, 0.5) is 0 Å².